The number of nitrogens with one attached hydrogen (secondary N) is 1. The van der Waals surface area contributed by atoms with Crippen molar-refractivity contribution in [2.24, 2.45) is 11.7 Å². The maximum Gasteiger partial charge on any atom is 0.270 e. The van der Waals surface area contributed by atoms with Gasteiger partial charge in [-0.05, 0) is 18.9 Å². The molecule has 0 aromatic carbocycles. The predicted molar refractivity (Wildman–Crippen MR) is 81.0 cm³/mol. The van der Waals surface area contributed by atoms with Crippen LogP contribution in [0.1, 0.15) is 47.6 Å². The Morgan fingerprint density at radius 1 is 1.47 bits per heavy atom. The normalized spacial score (nSPS) is 15.2. The number of thiazole rings is 1. The zero-order valence-electron chi connectivity index (χ0n) is 11.1. The van der Waals surface area contributed by atoms with Crippen molar-refractivity contribution in [1.29, 1.82) is 0 Å². The van der Waals surface area contributed by atoms with Gasteiger partial charge in [-0.15, -0.1) is 23.7 Å². The van der Waals surface area contributed by atoms with Crippen LogP contribution < -0.4 is 11.1 Å². The molecular weight excluding hydrogens is 282 g/mol. The molecule has 0 radical (unpaired) electrons. The molecule has 0 atom stereocenters. The van der Waals surface area contributed by atoms with Gasteiger partial charge >= 0.3 is 0 Å². The highest BCUT2D eigenvalue weighted by Crippen LogP contribution is 2.26. The van der Waals surface area contributed by atoms with Gasteiger partial charge in [-0.3, -0.25) is 4.79 Å². The highest BCUT2D eigenvalue weighted by Gasteiger charge is 2.15. The zero-order valence-corrected chi connectivity index (χ0v) is 12.7. The van der Waals surface area contributed by atoms with Gasteiger partial charge in [0.05, 0.1) is 5.01 Å². The summed E-state index contributed by atoms with van der Waals surface area (Å²) in [4.78, 5) is 16.1. The Balaban J connectivity index is 0.00000180. The van der Waals surface area contributed by atoms with E-state index in [-0.39, 0.29) is 18.3 Å². The van der Waals surface area contributed by atoms with E-state index < -0.39 is 0 Å². The third-order valence-electron chi connectivity index (χ3n) is 3.46. The number of carbonyl (C=O) groups excluding carboxylic acids is 1. The van der Waals surface area contributed by atoms with Crippen molar-refractivity contribution in [2.75, 3.05) is 13.1 Å². The minimum atomic E-state index is -0.0486. The van der Waals surface area contributed by atoms with Crippen LogP contribution in [0.4, 0.5) is 0 Å². The molecule has 1 heterocycles. The smallest absolute Gasteiger partial charge is 0.270 e. The number of rotatable bonds is 6. The Bertz CT molecular complexity index is 391. The van der Waals surface area contributed by atoms with Crippen LogP contribution in [0.2, 0.25) is 0 Å². The molecule has 1 fully saturated rings. The average molecular weight is 304 g/mol. The summed E-state index contributed by atoms with van der Waals surface area (Å²) in [5.74, 6) is 0.765. The van der Waals surface area contributed by atoms with Gasteiger partial charge in [0.15, 0.2) is 0 Å². The number of hydrogen-bond donors (Lipinski definition) is 2. The van der Waals surface area contributed by atoms with Crippen LogP contribution >= 0.6 is 23.7 Å². The summed E-state index contributed by atoms with van der Waals surface area (Å²) in [5.41, 5.74) is 6.00. The summed E-state index contributed by atoms with van der Waals surface area (Å²) in [7, 11) is 0. The topological polar surface area (TPSA) is 68.0 Å². The Labute approximate surface area is 124 Å². The largest absolute Gasteiger partial charge is 0.351 e. The van der Waals surface area contributed by atoms with E-state index in [1.165, 1.54) is 37.0 Å². The first kappa shape index (κ1) is 16.4. The predicted octanol–water partition coefficient (Wildman–Crippen LogP) is 2.38. The molecule has 4 nitrogen and oxygen atoms in total. The van der Waals surface area contributed by atoms with Crippen LogP contribution in [-0.2, 0) is 6.42 Å². The molecule has 1 aromatic heterocycles. The number of amides is 1. The fourth-order valence-electron chi connectivity index (χ4n) is 2.43. The molecule has 1 amide bonds. The molecule has 0 bridgehead atoms. The number of nitrogens with two attached hydrogens (primary N) is 1. The minimum absolute atomic E-state index is 0. The van der Waals surface area contributed by atoms with Crippen LogP contribution in [0.5, 0.6) is 0 Å². The van der Waals surface area contributed by atoms with Crippen molar-refractivity contribution in [3.05, 3.63) is 16.1 Å². The summed E-state index contributed by atoms with van der Waals surface area (Å²) in [6, 6.07) is 0. The van der Waals surface area contributed by atoms with E-state index in [9.17, 15) is 4.79 Å². The average Bonchev–Trinajstić information content (AvgIpc) is 3.00. The van der Waals surface area contributed by atoms with Gasteiger partial charge in [0.2, 0.25) is 0 Å². The molecule has 1 aliphatic carbocycles. The number of halogens is 1. The third kappa shape index (κ3) is 5.09. The standard InChI is InChI=1S/C13H21N3OS.ClH/c14-7-5-12-16-11(9-18-12)13(17)15-8-6-10-3-1-2-4-10;/h9-10H,1-8,14H2,(H,15,17);1H. The van der Waals surface area contributed by atoms with E-state index in [1.54, 1.807) is 0 Å². The van der Waals surface area contributed by atoms with Crippen molar-refractivity contribution in [2.45, 2.75) is 38.5 Å². The van der Waals surface area contributed by atoms with E-state index >= 15 is 0 Å². The lowest BCUT2D eigenvalue weighted by Gasteiger charge is -2.08. The van der Waals surface area contributed by atoms with Crippen LogP contribution in [0, 0.1) is 5.92 Å². The summed E-state index contributed by atoms with van der Waals surface area (Å²) >= 11 is 1.51. The molecule has 0 spiro atoms. The molecule has 19 heavy (non-hydrogen) atoms. The van der Waals surface area contributed by atoms with E-state index in [1.807, 2.05) is 5.38 Å². The number of carbonyl (C=O) groups is 1. The van der Waals surface area contributed by atoms with Crippen molar-refractivity contribution in [3.8, 4) is 0 Å². The summed E-state index contributed by atoms with van der Waals surface area (Å²) in [6.07, 6.45) is 7.21. The van der Waals surface area contributed by atoms with Gasteiger partial charge in [-0.2, -0.15) is 0 Å². The lowest BCUT2D eigenvalue weighted by Crippen LogP contribution is -2.26. The lowest BCUT2D eigenvalue weighted by molar-refractivity contribution is 0.0947. The Kier molecular flexibility index (Phi) is 7.34. The number of aromatic nitrogens is 1. The van der Waals surface area contributed by atoms with E-state index in [2.05, 4.69) is 10.3 Å². The summed E-state index contributed by atoms with van der Waals surface area (Å²) in [6.45, 7) is 1.35. The van der Waals surface area contributed by atoms with Crippen LogP contribution in [0.25, 0.3) is 0 Å². The molecule has 108 valence electrons. The molecular formula is C13H22ClN3OS. The van der Waals surface area contributed by atoms with Crippen molar-refractivity contribution >= 4 is 29.7 Å². The Morgan fingerprint density at radius 3 is 2.89 bits per heavy atom. The molecule has 1 aliphatic rings. The molecule has 0 aliphatic heterocycles. The maximum atomic E-state index is 11.8. The van der Waals surface area contributed by atoms with Gasteiger partial charge in [0, 0.05) is 18.3 Å². The van der Waals surface area contributed by atoms with Crippen molar-refractivity contribution < 1.29 is 4.79 Å². The summed E-state index contributed by atoms with van der Waals surface area (Å²) < 4.78 is 0. The quantitative estimate of drug-likeness (QED) is 0.848. The van der Waals surface area contributed by atoms with E-state index in [0.29, 0.717) is 12.2 Å². The maximum absolute atomic E-state index is 11.8. The van der Waals surface area contributed by atoms with Gasteiger partial charge in [0.1, 0.15) is 5.69 Å². The van der Waals surface area contributed by atoms with Crippen LogP contribution in [-0.4, -0.2) is 24.0 Å². The van der Waals surface area contributed by atoms with Gasteiger partial charge in [-0.25, -0.2) is 4.98 Å². The first-order chi connectivity index (χ1) is 8.79. The monoisotopic (exact) mass is 303 g/mol. The van der Waals surface area contributed by atoms with Gasteiger partial charge in [-0.1, -0.05) is 25.7 Å². The zero-order chi connectivity index (χ0) is 12.8. The third-order valence-corrected chi connectivity index (χ3v) is 4.36. The Morgan fingerprint density at radius 2 is 2.21 bits per heavy atom. The van der Waals surface area contributed by atoms with E-state index in [0.717, 1.165) is 30.3 Å². The first-order valence-electron chi connectivity index (χ1n) is 6.72. The SMILES string of the molecule is Cl.NCCc1nc(C(=O)NCCC2CCCC2)cs1. The second-order valence-corrected chi connectivity index (χ2v) is 5.80. The molecule has 3 N–H and O–H groups in total. The van der Waals surface area contributed by atoms with Crippen LogP contribution in [0.3, 0.4) is 0 Å². The molecule has 1 saturated carbocycles. The highest BCUT2D eigenvalue weighted by molar-refractivity contribution is 7.09. The second kappa shape index (κ2) is 8.51. The van der Waals surface area contributed by atoms with Crippen molar-refractivity contribution in [1.82, 2.24) is 10.3 Å². The molecule has 2 rings (SSSR count). The molecule has 1 aromatic rings. The minimum Gasteiger partial charge on any atom is -0.351 e. The lowest BCUT2D eigenvalue weighted by atomic mass is 10.0. The fraction of sp³-hybridized carbons (Fsp3) is 0.692. The molecule has 0 saturated heterocycles. The number of hydrogen-bond acceptors (Lipinski definition) is 4. The Hall–Kier alpha value is -0.650. The number of nitrogens with zero attached hydrogens (tertiary/aromatic N) is 1. The second-order valence-electron chi connectivity index (χ2n) is 4.86. The van der Waals surface area contributed by atoms with E-state index in [4.69, 9.17) is 5.73 Å². The molecule has 0 unspecified atom stereocenters. The van der Waals surface area contributed by atoms with Gasteiger partial charge < -0.3 is 11.1 Å². The first-order valence-corrected chi connectivity index (χ1v) is 7.60. The summed E-state index contributed by atoms with van der Waals surface area (Å²) in [5, 5.41) is 5.71. The van der Waals surface area contributed by atoms with Crippen molar-refractivity contribution in [3.63, 3.8) is 0 Å². The fourth-order valence-corrected chi connectivity index (χ4v) is 3.23. The molecule has 6 heteroatoms. The van der Waals surface area contributed by atoms with Crippen LogP contribution in [0.15, 0.2) is 5.38 Å². The van der Waals surface area contributed by atoms with Gasteiger partial charge in [0.25, 0.3) is 5.91 Å². The highest BCUT2D eigenvalue weighted by atomic mass is 35.5.